The number of piperidine rings is 1. The molecule has 1 saturated heterocycles. The molecule has 6 heteroatoms. The van der Waals surface area contributed by atoms with Gasteiger partial charge < -0.3 is 15.0 Å². The van der Waals surface area contributed by atoms with E-state index in [1.54, 1.807) is 0 Å². The van der Waals surface area contributed by atoms with Crippen molar-refractivity contribution in [3.63, 3.8) is 0 Å². The Morgan fingerprint density at radius 2 is 2.00 bits per heavy atom. The van der Waals surface area contributed by atoms with E-state index in [4.69, 9.17) is 4.74 Å². The van der Waals surface area contributed by atoms with Crippen LogP contribution in [0.4, 0.5) is 10.1 Å². The van der Waals surface area contributed by atoms with E-state index in [0.717, 1.165) is 18.4 Å². The Kier molecular flexibility index (Phi) is 6.65. The van der Waals surface area contributed by atoms with Crippen LogP contribution in [0.15, 0.2) is 55.1 Å². The van der Waals surface area contributed by atoms with E-state index in [1.165, 1.54) is 31.4 Å². The lowest BCUT2D eigenvalue weighted by Crippen LogP contribution is -2.36. The first kappa shape index (κ1) is 20.6. The van der Waals surface area contributed by atoms with E-state index in [1.807, 2.05) is 29.2 Å². The lowest BCUT2D eigenvalue weighted by Gasteiger charge is -2.31. The number of nitrogens with zero attached hydrogens (tertiary/aromatic N) is 1. The van der Waals surface area contributed by atoms with Crippen LogP contribution in [0.5, 0.6) is 5.75 Å². The van der Waals surface area contributed by atoms with Gasteiger partial charge in [-0.05, 0) is 60.7 Å². The second kappa shape index (κ2) is 9.37. The smallest absolute Gasteiger partial charge is 0.245 e. The van der Waals surface area contributed by atoms with Crippen LogP contribution in [0.2, 0.25) is 0 Å². The summed E-state index contributed by atoms with van der Waals surface area (Å²) in [5, 5.41) is 2.88. The summed E-state index contributed by atoms with van der Waals surface area (Å²) in [6.07, 6.45) is 3.12. The lowest BCUT2D eigenvalue weighted by atomic mass is 9.89. The summed E-state index contributed by atoms with van der Waals surface area (Å²) in [5.74, 6) is 0.145. The minimum Gasteiger partial charge on any atom is -0.496 e. The number of anilines is 1. The van der Waals surface area contributed by atoms with Gasteiger partial charge in [0, 0.05) is 24.3 Å². The number of carbonyl (C=O) groups excluding carboxylic acids is 2. The molecule has 1 N–H and O–H groups in total. The quantitative estimate of drug-likeness (QED) is 0.754. The molecular formula is C23H25FN2O3. The highest BCUT2D eigenvalue weighted by Gasteiger charge is 2.22. The zero-order valence-electron chi connectivity index (χ0n) is 16.5. The van der Waals surface area contributed by atoms with Crippen LogP contribution < -0.4 is 10.1 Å². The second-order valence-electron chi connectivity index (χ2n) is 7.11. The molecule has 5 nitrogen and oxygen atoms in total. The molecule has 152 valence electrons. The fourth-order valence-corrected chi connectivity index (χ4v) is 3.70. The van der Waals surface area contributed by atoms with Crippen LogP contribution in [0, 0.1) is 5.82 Å². The van der Waals surface area contributed by atoms with Gasteiger partial charge in [0.15, 0.2) is 0 Å². The highest BCUT2D eigenvalue weighted by Crippen LogP contribution is 2.30. The first-order valence-electron chi connectivity index (χ1n) is 9.63. The van der Waals surface area contributed by atoms with Gasteiger partial charge in [0.05, 0.1) is 13.5 Å². The number of hydrogen-bond acceptors (Lipinski definition) is 3. The second-order valence-corrected chi connectivity index (χ2v) is 7.11. The molecule has 2 aromatic rings. The largest absolute Gasteiger partial charge is 0.496 e. The number of likely N-dealkylation sites (tertiary alicyclic amines) is 1. The summed E-state index contributed by atoms with van der Waals surface area (Å²) in [5.41, 5.74) is 2.34. The molecule has 1 aliphatic rings. The molecule has 0 spiro atoms. The third-order valence-corrected chi connectivity index (χ3v) is 5.22. The van der Waals surface area contributed by atoms with Crippen molar-refractivity contribution in [1.29, 1.82) is 0 Å². The average molecular weight is 396 g/mol. The Morgan fingerprint density at radius 3 is 2.69 bits per heavy atom. The number of nitrogens with one attached hydrogen (secondary N) is 1. The highest BCUT2D eigenvalue weighted by molar-refractivity contribution is 5.92. The number of carbonyl (C=O) groups is 2. The summed E-state index contributed by atoms with van der Waals surface area (Å²) in [4.78, 5) is 26.0. The zero-order chi connectivity index (χ0) is 20.8. The maximum atomic E-state index is 13.5. The normalized spacial score (nSPS) is 14.3. The van der Waals surface area contributed by atoms with Crippen LogP contribution in [0.1, 0.15) is 29.9 Å². The molecule has 0 radical (unpaired) electrons. The van der Waals surface area contributed by atoms with Crippen molar-refractivity contribution in [2.75, 3.05) is 25.5 Å². The van der Waals surface area contributed by atoms with Crippen LogP contribution >= 0.6 is 0 Å². The van der Waals surface area contributed by atoms with Gasteiger partial charge >= 0.3 is 0 Å². The van der Waals surface area contributed by atoms with Crippen LogP contribution in [-0.4, -0.2) is 36.9 Å². The first-order valence-corrected chi connectivity index (χ1v) is 9.63. The Bertz CT molecular complexity index is 905. The molecule has 29 heavy (non-hydrogen) atoms. The van der Waals surface area contributed by atoms with Crippen LogP contribution in [0.25, 0.3) is 0 Å². The number of amides is 2. The molecule has 2 aromatic carbocycles. The van der Waals surface area contributed by atoms with Gasteiger partial charge in [-0.1, -0.05) is 18.7 Å². The van der Waals surface area contributed by atoms with Crippen molar-refractivity contribution in [1.82, 2.24) is 4.90 Å². The third-order valence-electron chi connectivity index (χ3n) is 5.22. The summed E-state index contributed by atoms with van der Waals surface area (Å²) in [7, 11) is 1.49. The Hall–Kier alpha value is -3.15. The molecule has 0 aromatic heterocycles. The SMILES string of the molecule is C=CC(=O)N1CCC(c2cccc(NC(=O)Cc3cc(F)ccc3OC)c2)CC1. The van der Waals surface area contributed by atoms with Gasteiger partial charge in [-0.3, -0.25) is 9.59 Å². The fourth-order valence-electron chi connectivity index (χ4n) is 3.70. The molecule has 3 rings (SSSR count). The van der Waals surface area contributed by atoms with Gasteiger partial charge in [0.1, 0.15) is 11.6 Å². The molecule has 2 amide bonds. The van der Waals surface area contributed by atoms with E-state index in [0.29, 0.717) is 36.0 Å². The van der Waals surface area contributed by atoms with Gasteiger partial charge in [0.25, 0.3) is 0 Å². The van der Waals surface area contributed by atoms with Gasteiger partial charge in [0.2, 0.25) is 11.8 Å². The van der Waals surface area contributed by atoms with E-state index in [2.05, 4.69) is 11.9 Å². The maximum absolute atomic E-state index is 13.5. The number of benzene rings is 2. The summed E-state index contributed by atoms with van der Waals surface area (Å²) in [6, 6.07) is 11.9. The molecule has 0 saturated carbocycles. The van der Waals surface area contributed by atoms with Gasteiger partial charge in [-0.2, -0.15) is 0 Å². The maximum Gasteiger partial charge on any atom is 0.245 e. The average Bonchev–Trinajstić information content (AvgIpc) is 2.73. The molecule has 1 heterocycles. The Morgan fingerprint density at radius 1 is 1.24 bits per heavy atom. The lowest BCUT2D eigenvalue weighted by molar-refractivity contribution is -0.127. The van der Waals surface area contributed by atoms with Crippen LogP contribution in [-0.2, 0) is 16.0 Å². The molecule has 1 aliphatic heterocycles. The Labute approximate surface area is 170 Å². The zero-order valence-corrected chi connectivity index (χ0v) is 16.5. The summed E-state index contributed by atoms with van der Waals surface area (Å²) < 4.78 is 18.7. The molecule has 0 bridgehead atoms. The van der Waals surface area contributed by atoms with Crippen molar-refractivity contribution >= 4 is 17.5 Å². The van der Waals surface area contributed by atoms with Crippen molar-refractivity contribution in [2.24, 2.45) is 0 Å². The first-order chi connectivity index (χ1) is 14.0. The minimum absolute atomic E-state index is 0.0210. The topological polar surface area (TPSA) is 58.6 Å². The Balaban J connectivity index is 1.63. The standard InChI is InChI=1S/C23H25FN2O3/c1-3-23(28)26-11-9-16(10-12-26)17-5-4-6-20(14-17)25-22(27)15-18-13-19(24)7-8-21(18)29-2/h3-8,13-14,16H,1,9-12,15H2,2H3,(H,25,27). The summed E-state index contributed by atoms with van der Waals surface area (Å²) >= 11 is 0. The van der Waals surface area contributed by atoms with Gasteiger partial charge in [-0.15, -0.1) is 0 Å². The minimum atomic E-state index is -0.406. The van der Waals surface area contributed by atoms with E-state index >= 15 is 0 Å². The van der Waals surface area contributed by atoms with E-state index < -0.39 is 5.82 Å². The van der Waals surface area contributed by atoms with Crippen molar-refractivity contribution in [2.45, 2.75) is 25.2 Å². The fraction of sp³-hybridized carbons (Fsp3) is 0.304. The molecule has 1 fully saturated rings. The predicted octanol–water partition coefficient (Wildman–Crippen LogP) is 3.91. The molecule has 0 aliphatic carbocycles. The van der Waals surface area contributed by atoms with Crippen molar-refractivity contribution < 1.29 is 18.7 Å². The molecule has 0 unspecified atom stereocenters. The van der Waals surface area contributed by atoms with E-state index in [-0.39, 0.29) is 18.2 Å². The number of rotatable bonds is 6. The summed E-state index contributed by atoms with van der Waals surface area (Å²) in [6.45, 7) is 4.94. The highest BCUT2D eigenvalue weighted by atomic mass is 19.1. The van der Waals surface area contributed by atoms with Crippen molar-refractivity contribution in [3.05, 3.63) is 72.1 Å². The van der Waals surface area contributed by atoms with Crippen molar-refractivity contribution in [3.8, 4) is 5.75 Å². The molecular weight excluding hydrogens is 371 g/mol. The van der Waals surface area contributed by atoms with Gasteiger partial charge in [-0.25, -0.2) is 4.39 Å². The number of halogens is 1. The van der Waals surface area contributed by atoms with Crippen LogP contribution in [0.3, 0.4) is 0 Å². The molecule has 0 atom stereocenters. The number of methoxy groups -OCH3 is 1. The number of hydrogen-bond donors (Lipinski definition) is 1. The monoisotopic (exact) mass is 396 g/mol. The predicted molar refractivity (Wildman–Crippen MR) is 110 cm³/mol. The number of ether oxygens (including phenoxy) is 1. The van der Waals surface area contributed by atoms with E-state index in [9.17, 15) is 14.0 Å². The third kappa shape index (κ3) is 5.22.